The predicted molar refractivity (Wildman–Crippen MR) is 91.7 cm³/mol. The van der Waals surface area contributed by atoms with Gasteiger partial charge in [-0.2, -0.15) is 0 Å². The summed E-state index contributed by atoms with van der Waals surface area (Å²) in [5.41, 5.74) is 3.54. The van der Waals surface area contributed by atoms with Crippen molar-refractivity contribution < 1.29 is 9.53 Å². The highest BCUT2D eigenvalue weighted by Gasteiger charge is 2.14. The number of carbonyl (C=O) groups is 1. The summed E-state index contributed by atoms with van der Waals surface area (Å²) < 4.78 is 4.78. The van der Waals surface area contributed by atoms with E-state index in [0.29, 0.717) is 38.1 Å². The van der Waals surface area contributed by atoms with Gasteiger partial charge in [-0.25, -0.2) is 4.79 Å². The number of benzene rings is 1. The van der Waals surface area contributed by atoms with Crippen LogP contribution in [-0.4, -0.2) is 23.0 Å². The van der Waals surface area contributed by atoms with E-state index in [-0.39, 0.29) is 0 Å². The Hall–Kier alpha value is -1.75. The van der Waals surface area contributed by atoms with Gasteiger partial charge in [-0.15, -0.1) is 0 Å². The number of nitrogens with one attached hydrogen (secondary N) is 1. The van der Waals surface area contributed by atoms with Crippen LogP contribution in [0.5, 0.6) is 0 Å². The van der Waals surface area contributed by atoms with Crippen LogP contribution in [0.4, 0.5) is 0 Å². The fraction of sp³-hybridized carbons (Fsp3) is 0.125. The second kappa shape index (κ2) is 6.40. The van der Waals surface area contributed by atoms with E-state index >= 15 is 0 Å². The number of nitrogens with zero attached hydrogens (tertiary/aromatic N) is 1. The summed E-state index contributed by atoms with van der Waals surface area (Å²) in [6.45, 7) is 0. The summed E-state index contributed by atoms with van der Waals surface area (Å²) in [6, 6.07) is 7.01. The van der Waals surface area contributed by atoms with Gasteiger partial charge in [0.25, 0.3) is 0 Å². The Labute approximate surface area is 147 Å². The second-order valence-corrected chi connectivity index (χ2v) is 6.15. The Morgan fingerprint density at radius 1 is 1.22 bits per heavy atom. The Kier molecular flexibility index (Phi) is 4.48. The number of pyridine rings is 1. The van der Waals surface area contributed by atoms with Gasteiger partial charge in [-0.05, 0) is 29.8 Å². The number of ether oxygens (including phenoxy) is 1. The zero-order valence-corrected chi connectivity index (χ0v) is 14.3. The minimum absolute atomic E-state index is 0.336. The maximum absolute atomic E-state index is 11.8. The molecule has 3 aromatic rings. The lowest BCUT2D eigenvalue weighted by molar-refractivity contribution is 0.0602. The molecule has 1 N–H and O–H groups in total. The zero-order valence-electron chi connectivity index (χ0n) is 12.0. The van der Waals surface area contributed by atoms with Crippen molar-refractivity contribution in [2.45, 2.75) is 6.42 Å². The van der Waals surface area contributed by atoms with E-state index in [0.717, 1.165) is 11.3 Å². The molecule has 0 radical (unpaired) electrons. The van der Waals surface area contributed by atoms with E-state index in [1.165, 1.54) is 7.11 Å². The number of methoxy groups -OCH3 is 1. The fourth-order valence-corrected chi connectivity index (χ4v) is 3.03. The average Bonchev–Trinajstić information content (AvgIpc) is 2.93. The lowest BCUT2D eigenvalue weighted by Crippen LogP contribution is -2.02. The molecule has 0 unspecified atom stereocenters. The summed E-state index contributed by atoms with van der Waals surface area (Å²) in [7, 11) is 1.34. The van der Waals surface area contributed by atoms with Crippen molar-refractivity contribution in [3.8, 4) is 0 Å². The molecule has 1 aromatic carbocycles. The Bertz CT molecular complexity index is 882. The smallest absolute Gasteiger partial charge is 0.340 e. The number of H-pyrrole nitrogens is 1. The van der Waals surface area contributed by atoms with Gasteiger partial charge in [-0.3, -0.25) is 4.98 Å². The van der Waals surface area contributed by atoms with Gasteiger partial charge in [0.15, 0.2) is 0 Å². The van der Waals surface area contributed by atoms with Crippen molar-refractivity contribution in [2.75, 3.05) is 7.11 Å². The summed E-state index contributed by atoms with van der Waals surface area (Å²) in [6.07, 6.45) is 2.12. The number of halogens is 3. The second-order valence-electron chi connectivity index (χ2n) is 4.96. The zero-order chi connectivity index (χ0) is 16.6. The van der Waals surface area contributed by atoms with Crippen molar-refractivity contribution in [1.29, 1.82) is 0 Å². The van der Waals surface area contributed by atoms with E-state index in [4.69, 9.17) is 39.5 Å². The maximum atomic E-state index is 11.8. The van der Waals surface area contributed by atoms with Gasteiger partial charge >= 0.3 is 5.97 Å². The van der Waals surface area contributed by atoms with E-state index in [9.17, 15) is 4.79 Å². The highest BCUT2D eigenvalue weighted by atomic mass is 35.5. The summed E-state index contributed by atoms with van der Waals surface area (Å²) in [4.78, 5) is 19.3. The first-order valence-corrected chi connectivity index (χ1v) is 7.81. The summed E-state index contributed by atoms with van der Waals surface area (Å²) >= 11 is 18.1. The maximum Gasteiger partial charge on any atom is 0.340 e. The van der Waals surface area contributed by atoms with Crippen LogP contribution in [0.25, 0.3) is 11.0 Å². The van der Waals surface area contributed by atoms with Crippen LogP contribution in [0.3, 0.4) is 0 Å². The lowest BCUT2D eigenvalue weighted by atomic mass is 10.1. The molecule has 0 spiro atoms. The SMILES string of the molecule is COC(=O)c1ccnc2cc(Cc3cc(Cl)c(Cl)c(Cl)c3)[nH]c12. The number of aromatic amines is 1. The molecule has 0 aliphatic heterocycles. The minimum Gasteiger partial charge on any atom is -0.465 e. The molecule has 0 fully saturated rings. The number of hydrogen-bond acceptors (Lipinski definition) is 3. The van der Waals surface area contributed by atoms with E-state index < -0.39 is 5.97 Å². The molecule has 0 amide bonds. The summed E-state index contributed by atoms with van der Waals surface area (Å²) in [5, 5.41) is 1.14. The topological polar surface area (TPSA) is 55.0 Å². The van der Waals surface area contributed by atoms with Crippen molar-refractivity contribution in [3.63, 3.8) is 0 Å². The molecule has 118 valence electrons. The molecule has 0 aliphatic rings. The molecule has 0 saturated carbocycles. The normalized spacial score (nSPS) is 11.0. The third-order valence-corrected chi connectivity index (χ3v) is 4.62. The fourth-order valence-electron chi connectivity index (χ4n) is 2.39. The standard InChI is InChI=1S/C16H11Cl3N2O2/c1-23-16(22)10-2-3-20-13-7-9(21-15(10)13)4-8-5-11(17)14(19)12(18)6-8/h2-3,5-7,21H,4H2,1H3. The van der Waals surface area contributed by atoms with Gasteiger partial charge in [0, 0.05) is 18.3 Å². The Morgan fingerprint density at radius 3 is 2.57 bits per heavy atom. The van der Waals surface area contributed by atoms with Crippen molar-refractivity contribution in [2.24, 2.45) is 0 Å². The number of rotatable bonds is 3. The van der Waals surface area contributed by atoms with E-state index in [1.54, 1.807) is 24.4 Å². The van der Waals surface area contributed by atoms with Crippen LogP contribution in [0.15, 0.2) is 30.5 Å². The first-order valence-electron chi connectivity index (χ1n) is 6.68. The highest BCUT2D eigenvalue weighted by molar-refractivity contribution is 6.48. The third kappa shape index (κ3) is 3.15. The molecule has 23 heavy (non-hydrogen) atoms. The third-order valence-electron chi connectivity index (χ3n) is 3.42. The van der Waals surface area contributed by atoms with Gasteiger partial charge in [0.2, 0.25) is 0 Å². The molecule has 0 aliphatic carbocycles. The average molecular weight is 370 g/mol. The van der Waals surface area contributed by atoms with Gasteiger partial charge < -0.3 is 9.72 Å². The van der Waals surface area contributed by atoms with Gasteiger partial charge in [0.1, 0.15) is 0 Å². The van der Waals surface area contributed by atoms with Gasteiger partial charge in [0.05, 0.1) is 38.8 Å². The van der Waals surface area contributed by atoms with Crippen molar-refractivity contribution in [1.82, 2.24) is 9.97 Å². The van der Waals surface area contributed by atoms with E-state index in [1.807, 2.05) is 6.07 Å². The molecule has 4 nitrogen and oxygen atoms in total. The van der Waals surface area contributed by atoms with Crippen LogP contribution in [0.1, 0.15) is 21.6 Å². The number of carbonyl (C=O) groups excluding carboxylic acids is 1. The molecular weight excluding hydrogens is 359 g/mol. The minimum atomic E-state index is -0.414. The molecule has 2 heterocycles. The summed E-state index contributed by atoms with van der Waals surface area (Å²) in [5.74, 6) is -0.414. The molecule has 2 aromatic heterocycles. The molecule has 3 rings (SSSR count). The van der Waals surface area contributed by atoms with Crippen LogP contribution >= 0.6 is 34.8 Å². The molecular formula is C16H11Cl3N2O2. The highest BCUT2D eigenvalue weighted by Crippen LogP contribution is 2.32. The first-order chi connectivity index (χ1) is 11.0. The number of hydrogen-bond donors (Lipinski definition) is 1. The van der Waals surface area contributed by atoms with Crippen LogP contribution in [0.2, 0.25) is 15.1 Å². The largest absolute Gasteiger partial charge is 0.465 e. The monoisotopic (exact) mass is 368 g/mol. The molecule has 7 heteroatoms. The number of esters is 1. The quantitative estimate of drug-likeness (QED) is 0.527. The predicted octanol–water partition coefficient (Wildman–Crippen LogP) is 4.90. The van der Waals surface area contributed by atoms with Crippen LogP contribution in [-0.2, 0) is 11.2 Å². The Morgan fingerprint density at radius 2 is 1.91 bits per heavy atom. The van der Waals surface area contributed by atoms with Crippen LogP contribution < -0.4 is 0 Å². The van der Waals surface area contributed by atoms with Gasteiger partial charge in [-0.1, -0.05) is 34.8 Å². The molecule has 0 atom stereocenters. The van der Waals surface area contributed by atoms with Crippen LogP contribution in [0, 0.1) is 0 Å². The molecule has 0 saturated heterocycles. The first kappa shape index (κ1) is 16.1. The number of aromatic nitrogens is 2. The number of fused-ring (bicyclic) bond motifs is 1. The lowest BCUT2D eigenvalue weighted by Gasteiger charge is -2.04. The Balaban J connectivity index is 2.00. The van der Waals surface area contributed by atoms with Crippen molar-refractivity contribution in [3.05, 3.63) is 62.4 Å². The molecule has 0 bridgehead atoms. The van der Waals surface area contributed by atoms with Crippen molar-refractivity contribution >= 4 is 51.8 Å². The van der Waals surface area contributed by atoms with E-state index in [2.05, 4.69) is 9.97 Å².